The second-order valence-electron chi connectivity index (χ2n) is 7.58. The van der Waals surface area contributed by atoms with Crippen LogP contribution >= 0.6 is 0 Å². The van der Waals surface area contributed by atoms with Crippen molar-refractivity contribution in [3.05, 3.63) is 29.3 Å². The number of aryl methyl sites for hydroxylation is 1. The van der Waals surface area contributed by atoms with Gasteiger partial charge in [0.2, 0.25) is 0 Å². The lowest BCUT2D eigenvalue weighted by molar-refractivity contribution is -0.144. The second kappa shape index (κ2) is 4.34. The van der Waals surface area contributed by atoms with E-state index in [4.69, 9.17) is 4.74 Å². The number of hydrogen-bond donors (Lipinski definition) is 0. The molecule has 0 N–H and O–H groups in total. The van der Waals surface area contributed by atoms with Crippen molar-refractivity contribution in [1.82, 2.24) is 0 Å². The summed E-state index contributed by atoms with van der Waals surface area (Å²) in [7, 11) is 1.74. The molecule has 1 aromatic carbocycles. The molecule has 0 aromatic heterocycles. The molecular weight excluding hydrogens is 260 g/mol. The summed E-state index contributed by atoms with van der Waals surface area (Å²) in [6, 6.07) is 6.60. The van der Waals surface area contributed by atoms with Gasteiger partial charge >= 0.3 is 0 Å². The average molecular weight is 284 g/mol. The molecule has 21 heavy (non-hydrogen) atoms. The topological polar surface area (TPSA) is 26.3 Å². The van der Waals surface area contributed by atoms with Crippen molar-refractivity contribution in [2.45, 2.75) is 57.3 Å². The van der Waals surface area contributed by atoms with Crippen LogP contribution in [0.15, 0.2) is 18.2 Å². The summed E-state index contributed by atoms with van der Waals surface area (Å²) in [6.45, 7) is 2.43. The molecule has 4 rings (SSSR count). The van der Waals surface area contributed by atoms with Gasteiger partial charge in [0.15, 0.2) is 0 Å². The Morgan fingerprint density at radius 3 is 2.71 bits per heavy atom. The number of rotatable bonds is 1. The van der Waals surface area contributed by atoms with Crippen LogP contribution in [0.2, 0.25) is 0 Å². The Bertz CT molecular complexity index is 606. The lowest BCUT2D eigenvalue weighted by Gasteiger charge is -2.55. The van der Waals surface area contributed by atoms with E-state index in [1.807, 2.05) is 0 Å². The number of carbonyl (C=O) groups excluding carboxylic acids is 1. The fourth-order valence-electron chi connectivity index (χ4n) is 5.13. The number of methoxy groups -OCH3 is 1. The Labute approximate surface area is 126 Å². The summed E-state index contributed by atoms with van der Waals surface area (Å²) in [5.74, 6) is 2.19. The molecule has 3 atom stereocenters. The van der Waals surface area contributed by atoms with E-state index in [-0.39, 0.29) is 10.8 Å². The van der Waals surface area contributed by atoms with Crippen LogP contribution in [0.25, 0.3) is 0 Å². The summed E-state index contributed by atoms with van der Waals surface area (Å²) in [5, 5.41) is 0. The van der Waals surface area contributed by atoms with Crippen LogP contribution in [-0.2, 0) is 16.6 Å². The fourth-order valence-corrected chi connectivity index (χ4v) is 5.13. The van der Waals surface area contributed by atoms with Crippen molar-refractivity contribution in [3.8, 4) is 5.75 Å². The summed E-state index contributed by atoms with van der Waals surface area (Å²) in [5.41, 5.74) is 3.32. The normalized spacial score (nSPS) is 37.6. The Morgan fingerprint density at radius 2 is 2.05 bits per heavy atom. The van der Waals surface area contributed by atoms with Crippen LogP contribution in [0.1, 0.15) is 56.6 Å². The van der Waals surface area contributed by atoms with Gasteiger partial charge in [-0.2, -0.15) is 0 Å². The summed E-state index contributed by atoms with van der Waals surface area (Å²) in [4.78, 5) is 12.1. The van der Waals surface area contributed by atoms with E-state index in [0.29, 0.717) is 11.7 Å². The van der Waals surface area contributed by atoms with Gasteiger partial charge in [-0.15, -0.1) is 0 Å². The van der Waals surface area contributed by atoms with E-state index in [1.165, 1.54) is 24.0 Å². The van der Waals surface area contributed by atoms with Crippen molar-refractivity contribution in [3.63, 3.8) is 0 Å². The van der Waals surface area contributed by atoms with Crippen LogP contribution < -0.4 is 4.74 Å². The molecule has 1 spiro atoms. The van der Waals surface area contributed by atoms with Gasteiger partial charge in [0.05, 0.1) is 7.11 Å². The van der Waals surface area contributed by atoms with Crippen molar-refractivity contribution >= 4 is 5.78 Å². The molecule has 0 radical (unpaired) electrons. The average Bonchev–Trinajstić information content (AvgIpc) is 2.52. The first-order valence-electron chi connectivity index (χ1n) is 8.28. The van der Waals surface area contributed by atoms with Crippen LogP contribution in [0.5, 0.6) is 5.75 Å². The molecule has 0 saturated heterocycles. The number of benzene rings is 1. The molecular formula is C19H24O2. The number of carbonyl (C=O) groups is 1. The number of fused-ring (bicyclic) bond motifs is 3. The van der Waals surface area contributed by atoms with Crippen LogP contribution in [-0.4, -0.2) is 12.9 Å². The highest BCUT2D eigenvalue weighted by atomic mass is 16.5. The van der Waals surface area contributed by atoms with Crippen molar-refractivity contribution in [2.24, 2.45) is 11.3 Å². The Balaban J connectivity index is 1.69. The van der Waals surface area contributed by atoms with Gasteiger partial charge in [0.25, 0.3) is 0 Å². The van der Waals surface area contributed by atoms with E-state index in [9.17, 15) is 4.79 Å². The van der Waals surface area contributed by atoms with Crippen molar-refractivity contribution in [1.29, 1.82) is 0 Å². The lowest BCUT2D eigenvalue weighted by Crippen LogP contribution is -2.52. The largest absolute Gasteiger partial charge is 0.497 e. The SMILES string of the molecule is COc1ccc2c(c1)CCC1CC3(CCC3=O)CCC21C. The first-order valence-corrected chi connectivity index (χ1v) is 8.28. The first kappa shape index (κ1) is 13.4. The van der Waals surface area contributed by atoms with E-state index in [2.05, 4.69) is 25.1 Å². The highest BCUT2D eigenvalue weighted by Crippen LogP contribution is 2.59. The predicted molar refractivity (Wildman–Crippen MR) is 82.7 cm³/mol. The van der Waals surface area contributed by atoms with E-state index in [0.717, 1.165) is 37.9 Å². The van der Waals surface area contributed by atoms with Gasteiger partial charge in [0, 0.05) is 11.8 Å². The maximum absolute atomic E-state index is 12.1. The molecule has 0 amide bonds. The Morgan fingerprint density at radius 1 is 1.19 bits per heavy atom. The zero-order valence-electron chi connectivity index (χ0n) is 13.1. The van der Waals surface area contributed by atoms with Gasteiger partial charge in [-0.3, -0.25) is 4.79 Å². The minimum absolute atomic E-state index is 0.0775. The first-order chi connectivity index (χ1) is 10.1. The minimum atomic E-state index is 0.0775. The zero-order valence-corrected chi connectivity index (χ0v) is 13.1. The molecule has 2 nitrogen and oxygen atoms in total. The van der Waals surface area contributed by atoms with Gasteiger partial charge in [-0.05, 0) is 73.1 Å². The van der Waals surface area contributed by atoms with Gasteiger partial charge < -0.3 is 4.74 Å². The molecule has 0 aliphatic heterocycles. The van der Waals surface area contributed by atoms with Crippen LogP contribution in [0.3, 0.4) is 0 Å². The second-order valence-corrected chi connectivity index (χ2v) is 7.58. The summed E-state index contributed by atoms with van der Waals surface area (Å²) in [6.07, 6.45) is 7.74. The molecule has 112 valence electrons. The number of hydrogen-bond acceptors (Lipinski definition) is 2. The van der Waals surface area contributed by atoms with Crippen molar-refractivity contribution < 1.29 is 9.53 Å². The lowest BCUT2D eigenvalue weighted by atomic mass is 9.48. The number of ketones is 1. The predicted octanol–water partition coefficient (Wildman–Crippen LogP) is 4.05. The van der Waals surface area contributed by atoms with E-state index >= 15 is 0 Å². The van der Waals surface area contributed by atoms with Gasteiger partial charge in [0.1, 0.15) is 11.5 Å². The fraction of sp³-hybridized carbons (Fsp3) is 0.632. The molecule has 0 heterocycles. The van der Waals surface area contributed by atoms with E-state index < -0.39 is 0 Å². The van der Waals surface area contributed by atoms with Gasteiger partial charge in [-0.1, -0.05) is 13.0 Å². The smallest absolute Gasteiger partial charge is 0.139 e. The maximum atomic E-state index is 12.1. The Kier molecular flexibility index (Phi) is 2.76. The molecule has 3 aliphatic rings. The third-order valence-electron chi connectivity index (χ3n) is 6.77. The van der Waals surface area contributed by atoms with E-state index in [1.54, 1.807) is 7.11 Å². The molecule has 3 unspecified atom stereocenters. The molecule has 1 aromatic rings. The summed E-state index contributed by atoms with van der Waals surface area (Å²) < 4.78 is 5.38. The Hall–Kier alpha value is -1.31. The molecule has 2 fully saturated rings. The monoisotopic (exact) mass is 284 g/mol. The number of ether oxygens (including phenoxy) is 1. The van der Waals surface area contributed by atoms with Crippen LogP contribution in [0.4, 0.5) is 0 Å². The standard InChI is InChI=1S/C19H24O2/c1-18-9-10-19(8-7-17(19)20)12-14(18)4-3-13-11-15(21-2)5-6-16(13)18/h5-6,11,14H,3-4,7-10,12H2,1-2H3. The molecule has 2 saturated carbocycles. The highest BCUT2D eigenvalue weighted by molar-refractivity contribution is 5.90. The zero-order chi connectivity index (χ0) is 14.7. The number of Topliss-reactive ketones (excluding diaryl/α,β-unsaturated/α-hetero) is 1. The van der Waals surface area contributed by atoms with Crippen molar-refractivity contribution in [2.75, 3.05) is 7.11 Å². The minimum Gasteiger partial charge on any atom is -0.497 e. The van der Waals surface area contributed by atoms with Gasteiger partial charge in [-0.25, -0.2) is 0 Å². The molecule has 0 bridgehead atoms. The molecule has 2 heteroatoms. The third kappa shape index (κ3) is 1.74. The molecule has 3 aliphatic carbocycles. The third-order valence-corrected chi connectivity index (χ3v) is 6.77. The van der Waals surface area contributed by atoms with Crippen LogP contribution in [0, 0.1) is 11.3 Å². The highest BCUT2D eigenvalue weighted by Gasteiger charge is 2.55. The maximum Gasteiger partial charge on any atom is 0.139 e. The quantitative estimate of drug-likeness (QED) is 0.777. The summed E-state index contributed by atoms with van der Waals surface area (Å²) >= 11 is 0.